The summed E-state index contributed by atoms with van der Waals surface area (Å²) in [5.41, 5.74) is -3.96. The van der Waals surface area contributed by atoms with E-state index in [9.17, 15) is 19.8 Å². The van der Waals surface area contributed by atoms with E-state index in [0.717, 1.165) is 31.3 Å². The van der Waals surface area contributed by atoms with Crippen molar-refractivity contribution in [2.45, 2.75) is 115 Å². The highest BCUT2D eigenvalue weighted by Gasteiger charge is 2.75. The zero-order chi connectivity index (χ0) is 28.9. The second-order valence-electron chi connectivity index (χ2n) is 13.4. The van der Waals surface area contributed by atoms with Gasteiger partial charge in [-0.25, -0.2) is 4.39 Å². The number of alkyl halides is 1. The maximum absolute atomic E-state index is 17.5. The number of halogens is 1. The van der Waals surface area contributed by atoms with Gasteiger partial charge in [0.25, 0.3) is 0 Å². The number of aliphatic hydroxyl groups excluding tert-OH is 1. The number of Topliss-reactive ketones (excluding diaryl/α,β-unsaturated/α-hetero) is 1. The van der Waals surface area contributed by atoms with E-state index < -0.39 is 34.1 Å². The molecule has 0 spiro atoms. The van der Waals surface area contributed by atoms with Crippen molar-refractivity contribution in [2.24, 2.45) is 33.6 Å². The molecule has 0 saturated heterocycles. The van der Waals surface area contributed by atoms with Gasteiger partial charge in [-0.2, -0.15) is 0 Å². The first-order valence-electron chi connectivity index (χ1n) is 15.3. The van der Waals surface area contributed by atoms with Crippen molar-refractivity contribution in [2.75, 3.05) is 6.54 Å². The molecular formula is C33H46FNO5. The van der Waals surface area contributed by atoms with Crippen LogP contribution in [-0.2, 0) is 14.3 Å². The van der Waals surface area contributed by atoms with E-state index in [1.807, 2.05) is 39.0 Å². The number of hydrogen-bond donors (Lipinski definition) is 2. The predicted molar refractivity (Wildman–Crippen MR) is 153 cm³/mol. The van der Waals surface area contributed by atoms with Crippen molar-refractivity contribution in [3.05, 3.63) is 36.0 Å². The monoisotopic (exact) mass is 555 g/mol. The van der Waals surface area contributed by atoms with Crippen LogP contribution < -0.4 is 0 Å². The van der Waals surface area contributed by atoms with Crippen molar-refractivity contribution in [3.63, 3.8) is 0 Å². The van der Waals surface area contributed by atoms with E-state index in [-0.39, 0.29) is 49.1 Å². The SMILES string of the molecule is CCC(=O)[C@@]1(O)[C@H](C)C[C@H]2[C@@H]3CCC4=CC(=NCC(=O)OC5/C=C/CCCCC5)C=C[C@]4(C)[C@@]3(F)[C@@H](O)C[C@@]21C. The molecule has 0 bridgehead atoms. The fraction of sp³-hybridized carbons (Fsp3) is 0.727. The third-order valence-electron chi connectivity index (χ3n) is 11.4. The summed E-state index contributed by atoms with van der Waals surface area (Å²) in [5.74, 6) is -1.59. The summed E-state index contributed by atoms with van der Waals surface area (Å²) < 4.78 is 23.2. The number of fused-ring (bicyclic) bond motifs is 5. The van der Waals surface area contributed by atoms with Gasteiger partial charge < -0.3 is 14.9 Å². The van der Waals surface area contributed by atoms with Gasteiger partial charge in [0.2, 0.25) is 0 Å². The molecule has 7 heteroatoms. The van der Waals surface area contributed by atoms with E-state index in [0.29, 0.717) is 25.0 Å². The van der Waals surface area contributed by atoms with Crippen LogP contribution in [0.15, 0.2) is 40.9 Å². The number of rotatable bonds is 5. The number of ether oxygens (including phenoxy) is 1. The van der Waals surface area contributed by atoms with Gasteiger partial charge in [0.15, 0.2) is 11.5 Å². The van der Waals surface area contributed by atoms with E-state index >= 15 is 4.39 Å². The number of carbonyl (C=O) groups excluding carboxylic acids is 2. The lowest BCUT2D eigenvalue weighted by Gasteiger charge is -2.62. The Hall–Kier alpha value is -2.12. The number of hydrogen-bond acceptors (Lipinski definition) is 6. The van der Waals surface area contributed by atoms with E-state index in [2.05, 4.69) is 11.1 Å². The first-order chi connectivity index (χ1) is 18.9. The summed E-state index contributed by atoms with van der Waals surface area (Å²) in [6.07, 6.45) is 15.1. The summed E-state index contributed by atoms with van der Waals surface area (Å²) in [6, 6.07) is 0. The molecule has 9 atom stereocenters. The minimum atomic E-state index is -1.94. The summed E-state index contributed by atoms with van der Waals surface area (Å²) in [4.78, 5) is 30.0. The molecule has 0 aliphatic heterocycles. The maximum Gasteiger partial charge on any atom is 0.328 e. The van der Waals surface area contributed by atoms with E-state index in [1.54, 1.807) is 13.0 Å². The number of esters is 1. The Morgan fingerprint density at radius 3 is 2.70 bits per heavy atom. The zero-order valence-corrected chi connectivity index (χ0v) is 24.5. The smallest absolute Gasteiger partial charge is 0.328 e. The molecule has 0 heterocycles. The average molecular weight is 556 g/mol. The van der Waals surface area contributed by atoms with Crippen LogP contribution in [0, 0.1) is 28.6 Å². The van der Waals surface area contributed by atoms with Crippen molar-refractivity contribution in [3.8, 4) is 0 Å². The molecule has 0 aromatic rings. The van der Waals surface area contributed by atoms with Crippen molar-refractivity contribution < 1.29 is 28.9 Å². The molecule has 40 heavy (non-hydrogen) atoms. The molecule has 0 amide bonds. The molecule has 220 valence electrons. The molecule has 0 aromatic heterocycles. The van der Waals surface area contributed by atoms with Crippen LogP contribution in [0.25, 0.3) is 0 Å². The van der Waals surface area contributed by atoms with Crippen LogP contribution in [0.4, 0.5) is 4.39 Å². The van der Waals surface area contributed by atoms with Gasteiger partial charge in [-0.05, 0) is 88.4 Å². The predicted octanol–water partition coefficient (Wildman–Crippen LogP) is 5.62. The van der Waals surface area contributed by atoms with Gasteiger partial charge in [-0.15, -0.1) is 0 Å². The molecule has 5 aliphatic rings. The molecule has 3 fully saturated rings. The first-order valence-corrected chi connectivity index (χ1v) is 15.3. The minimum Gasteiger partial charge on any atom is -0.457 e. The van der Waals surface area contributed by atoms with Crippen molar-refractivity contribution in [1.82, 2.24) is 0 Å². The lowest BCUT2D eigenvalue weighted by atomic mass is 9.44. The molecule has 3 saturated carbocycles. The van der Waals surface area contributed by atoms with Gasteiger partial charge in [0, 0.05) is 23.2 Å². The summed E-state index contributed by atoms with van der Waals surface area (Å²) in [5, 5.41) is 23.3. The van der Waals surface area contributed by atoms with Crippen LogP contribution >= 0.6 is 0 Å². The van der Waals surface area contributed by atoms with E-state index in [1.165, 1.54) is 6.42 Å². The Morgan fingerprint density at radius 1 is 1.18 bits per heavy atom. The summed E-state index contributed by atoms with van der Waals surface area (Å²) in [7, 11) is 0. The minimum absolute atomic E-state index is 0.0381. The van der Waals surface area contributed by atoms with Crippen molar-refractivity contribution >= 4 is 17.5 Å². The lowest BCUT2D eigenvalue weighted by Crippen LogP contribution is -2.69. The van der Waals surface area contributed by atoms with Crippen LogP contribution in [0.2, 0.25) is 0 Å². The fourth-order valence-electron chi connectivity index (χ4n) is 9.11. The standard InChI is InChI=1S/C33H46FNO5/c1-5-27(36)33(39)21(2)17-26-25-14-13-22-18-23(35-20-29(38)40-24-11-9-7-6-8-10-12-24)15-16-30(22,3)32(25,34)28(37)19-31(26,33)4/h9,11,15-16,18,21,24-26,28,37,39H,5-8,10,12-14,17,19-20H2,1-4H3/b11-9+,35-23?/t21-,24?,25+,26+,28+,30+,31+,32+,33+/m1/s1. The second-order valence-corrected chi connectivity index (χ2v) is 13.4. The van der Waals surface area contributed by atoms with Crippen LogP contribution in [0.1, 0.15) is 91.9 Å². The molecule has 6 nitrogen and oxygen atoms in total. The molecular weight excluding hydrogens is 509 g/mol. The topological polar surface area (TPSA) is 96.2 Å². The third kappa shape index (κ3) is 4.29. The van der Waals surface area contributed by atoms with Gasteiger partial charge in [-0.1, -0.05) is 44.9 Å². The van der Waals surface area contributed by atoms with E-state index in [4.69, 9.17) is 4.74 Å². The largest absolute Gasteiger partial charge is 0.457 e. The molecule has 1 unspecified atom stereocenters. The van der Waals surface area contributed by atoms with Crippen LogP contribution in [0.3, 0.4) is 0 Å². The summed E-state index contributed by atoms with van der Waals surface area (Å²) in [6.45, 7) is 7.28. The van der Waals surface area contributed by atoms with Gasteiger partial charge in [0.1, 0.15) is 18.2 Å². The Labute approximate surface area is 237 Å². The van der Waals surface area contributed by atoms with Gasteiger partial charge in [-0.3, -0.25) is 14.6 Å². The zero-order valence-electron chi connectivity index (χ0n) is 24.5. The highest BCUT2D eigenvalue weighted by Crippen LogP contribution is 2.70. The number of allylic oxidation sites excluding steroid dienone is 5. The third-order valence-corrected chi connectivity index (χ3v) is 11.4. The molecule has 2 N–H and O–H groups in total. The number of ketones is 1. The highest BCUT2D eigenvalue weighted by atomic mass is 19.1. The molecule has 5 aliphatic carbocycles. The van der Waals surface area contributed by atoms with Gasteiger partial charge >= 0.3 is 5.97 Å². The Balaban J connectivity index is 1.35. The Morgan fingerprint density at radius 2 is 1.95 bits per heavy atom. The average Bonchev–Trinajstić information content (AvgIpc) is 3.10. The number of carbonyl (C=O) groups is 2. The maximum atomic E-state index is 17.5. The molecule has 5 rings (SSSR count). The molecule has 0 aromatic carbocycles. The normalized spacial score (nSPS) is 46.3. The highest BCUT2D eigenvalue weighted by molar-refractivity contribution is 6.06. The second kappa shape index (κ2) is 10.6. The van der Waals surface area contributed by atoms with Crippen LogP contribution in [-0.4, -0.2) is 57.7 Å². The number of nitrogens with zero attached hydrogens (tertiary/aromatic N) is 1. The number of aliphatic hydroxyl groups is 2. The lowest BCUT2D eigenvalue weighted by molar-refractivity contribution is -0.218. The Bertz CT molecular complexity index is 1160. The first kappa shape index (κ1) is 29.4. The van der Waals surface area contributed by atoms with Crippen molar-refractivity contribution in [1.29, 1.82) is 0 Å². The number of aliphatic imine (C=N–C) groups is 1. The summed E-state index contributed by atoms with van der Waals surface area (Å²) >= 11 is 0. The molecule has 0 radical (unpaired) electrons. The Kier molecular flexibility index (Phi) is 7.80. The van der Waals surface area contributed by atoms with Crippen LogP contribution in [0.5, 0.6) is 0 Å². The quantitative estimate of drug-likeness (QED) is 0.339. The fourth-order valence-corrected chi connectivity index (χ4v) is 9.11. The van der Waals surface area contributed by atoms with Gasteiger partial charge in [0.05, 0.1) is 11.8 Å².